The van der Waals surface area contributed by atoms with Crippen LogP contribution in [-0.2, 0) is 11.3 Å². The number of halogens is 1. The second kappa shape index (κ2) is 9.09. The van der Waals surface area contributed by atoms with Crippen LogP contribution >= 0.6 is 11.6 Å². The van der Waals surface area contributed by atoms with Crippen LogP contribution < -0.4 is 4.74 Å². The summed E-state index contributed by atoms with van der Waals surface area (Å²) in [5.74, 6) is 1.32. The topological polar surface area (TPSA) is 68.5 Å². The largest absolute Gasteiger partial charge is 0.481 e. The zero-order valence-electron chi connectivity index (χ0n) is 17.0. The Morgan fingerprint density at radius 2 is 1.93 bits per heavy atom. The number of aromatic nitrogens is 2. The monoisotopic (exact) mass is 413 g/mol. The van der Waals surface area contributed by atoms with Crippen LogP contribution in [0.3, 0.4) is 0 Å². The van der Waals surface area contributed by atoms with E-state index in [1.54, 1.807) is 19.2 Å². The lowest BCUT2D eigenvalue weighted by atomic mass is 10.1. The van der Waals surface area contributed by atoms with Gasteiger partial charge in [-0.05, 0) is 44.0 Å². The molecule has 0 bridgehead atoms. The van der Waals surface area contributed by atoms with Gasteiger partial charge in [0, 0.05) is 17.6 Å². The van der Waals surface area contributed by atoms with Crippen molar-refractivity contribution in [3.05, 3.63) is 64.5 Å². The third-order valence-corrected chi connectivity index (χ3v) is 5.00. The lowest BCUT2D eigenvalue weighted by Gasteiger charge is -2.23. The van der Waals surface area contributed by atoms with Crippen LogP contribution in [0.15, 0.2) is 47.0 Å². The highest BCUT2D eigenvalue weighted by molar-refractivity contribution is 6.31. The Morgan fingerprint density at radius 3 is 2.59 bits per heavy atom. The Morgan fingerprint density at radius 1 is 1.21 bits per heavy atom. The molecule has 1 amide bonds. The van der Waals surface area contributed by atoms with Crippen molar-refractivity contribution in [3.8, 4) is 17.1 Å². The van der Waals surface area contributed by atoms with E-state index in [4.69, 9.17) is 20.9 Å². The molecule has 0 spiro atoms. The number of amides is 1. The molecule has 1 heterocycles. The number of aryl methyl sites for hydroxylation is 2. The average molecular weight is 414 g/mol. The molecule has 0 aliphatic heterocycles. The maximum atomic E-state index is 12.8. The molecule has 1 aromatic heterocycles. The van der Waals surface area contributed by atoms with Crippen LogP contribution in [0.1, 0.15) is 30.4 Å². The van der Waals surface area contributed by atoms with E-state index in [0.29, 0.717) is 28.9 Å². The molecule has 0 saturated carbocycles. The van der Waals surface area contributed by atoms with Crippen LogP contribution in [0.25, 0.3) is 11.4 Å². The summed E-state index contributed by atoms with van der Waals surface area (Å²) in [6, 6.07) is 13.2. The van der Waals surface area contributed by atoms with E-state index < -0.39 is 6.10 Å². The van der Waals surface area contributed by atoms with Crippen molar-refractivity contribution in [1.29, 1.82) is 0 Å². The molecule has 7 heteroatoms. The number of ether oxygens (including phenoxy) is 1. The number of hydrogen-bond acceptors (Lipinski definition) is 5. The molecule has 0 aliphatic rings. The molecule has 0 aliphatic carbocycles. The Bertz CT molecular complexity index is 985. The Balaban J connectivity index is 1.65. The summed E-state index contributed by atoms with van der Waals surface area (Å²) >= 11 is 6.05. The lowest BCUT2D eigenvalue weighted by molar-refractivity contribution is -0.138. The number of likely N-dealkylation sites (N-methyl/N-ethyl adjacent to an activating group) is 1. The van der Waals surface area contributed by atoms with Crippen molar-refractivity contribution in [2.45, 2.75) is 39.8 Å². The van der Waals surface area contributed by atoms with E-state index in [0.717, 1.165) is 16.7 Å². The van der Waals surface area contributed by atoms with Crippen molar-refractivity contribution in [3.63, 3.8) is 0 Å². The fourth-order valence-corrected chi connectivity index (χ4v) is 2.95. The van der Waals surface area contributed by atoms with Gasteiger partial charge in [0.15, 0.2) is 6.10 Å². The molecule has 1 atom stereocenters. The van der Waals surface area contributed by atoms with Crippen molar-refractivity contribution >= 4 is 17.5 Å². The van der Waals surface area contributed by atoms with E-state index in [2.05, 4.69) is 10.1 Å². The van der Waals surface area contributed by atoms with Crippen LogP contribution in [-0.4, -0.2) is 34.1 Å². The van der Waals surface area contributed by atoms with Crippen LogP contribution in [0.4, 0.5) is 0 Å². The molecule has 152 valence electrons. The van der Waals surface area contributed by atoms with Gasteiger partial charge in [0.1, 0.15) is 5.75 Å². The van der Waals surface area contributed by atoms with Crippen molar-refractivity contribution in [2.24, 2.45) is 0 Å². The van der Waals surface area contributed by atoms with Gasteiger partial charge in [-0.1, -0.05) is 53.5 Å². The minimum absolute atomic E-state index is 0.157. The minimum atomic E-state index is -0.611. The molecule has 0 N–H and O–H groups in total. The number of rotatable bonds is 7. The normalized spacial score (nSPS) is 11.9. The number of carbonyl (C=O) groups excluding carboxylic acids is 1. The molecule has 3 aromatic rings. The summed E-state index contributed by atoms with van der Waals surface area (Å²) < 4.78 is 11.2. The van der Waals surface area contributed by atoms with Crippen molar-refractivity contribution in [2.75, 3.05) is 7.05 Å². The average Bonchev–Trinajstić information content (AvgIpc) is 3.17. The van der Waals surface area contributed by atoms with Crippen LogP contribution in [0.5, 0.6) is 5.75 Å². The lowest BCUT2D eigenvalue weighted by Crippen LogP contribution is -2.39. The van der Waals surface area contributed by atoms with Gasteiger partial charge in [-0.3, -0.25) is 4.79 Å². The van der Waals surface area contributed by atoms with Crippen molar-refractivity contribution in [1.82, 2.24) is 15.0 Å². The van der Waals surface area contributed by atoms with E-state index >= 15 is 0 Å². The van der Waals surface area contributed by atoms with E-state index in [1.807, 2.05) is 51.1 Å². The summed E-state index contributed by atoms with van der Waals surface area (Å²) in [5, 5.41) is 4.67. The maximum Gasteiger partial charge on any atom is 0.263 e. The maximum absolute atomic E-state index is 12.8. The summed E-state index contributed by atoms with van der Waals surface area (Å²) in [4.78, 5) is 18.8. The standard InChI is InChI=1S/C22H24ClN3O3/c1-5-19(28-17-10-11-18(23)15(3)12-17)22(27)26(4)13-20-24-21(25-29-20)16-8-6-14(2)7-9-16/h6-12,19H,5,13H2,1-4H3/t19-/m0/s1. The molecule has 0 unspecified atom stereocenters. The summed E-state index contributed by atoms with van der Waals surface area (Å²) in [6.45, 7) is 6.02. The molecule has 3 rings (SSSR count). The molecule has 0 fully saturated rings. The SMILES string of the molecule is CC[C@H](Oc1ccc(Cl)c(C)c1)C(=O)N(C)Cc1nc(-c2ccc(C)cc2)no1. The number of carbonyl (C=O) groups is 1. The first-order valence-corrected chi connectivity index (χ1v) is 9.82. The highest BCUT2D eigenvalue weighted by atomic mass is 35.5. The Labute approximate surface area is 175 Å². The van der Waals surface area contributed by atoms with Gasteiger partial charge in [0.25, 0.3) is 5.91 Å². The molecule has 0 saturated heterocycles. The summed E-state index contributed by atoms with van der Waals surface area (Å²) in [6.07, 6.45) is -0.0800. The van der Waals surface area contributed by atoms with Gasteiger partial charge in [-0.2, -0.15) is 4.98 Å². The number of benzene rings is 2. The second-order valence-corrected chi connectivity index (χ2v) is 7.40. The van der Waals surface area contributed by atoms with Crippen molar-refractivity contribution < 1.29 is 14.1 Å². The van der Waals surface area contributed by atoms with Crippen LogP contribution in [0, 0.1) is 13.8 Å². The molecular weight excluding hydrogens is 390 g/mol. The first kappa shape index (κ1) is 20.9. The van der Waals surface area contributed by atoms with E-state index in [1.165, 1.54) is 4.90 Å². The van der Waals surface area contributed by atoms with E-state index in [-0.39, 0.29) is 12.5 Å². The van der Waals surface area contributed by atoms with Gasteiger partial charge in [-0.25, -0.2) is 0 Å². The first-order valence-electron chi connectivity index (χ1n) is 9.44. The minimum Gasteiger partial charge on any atom is -0.481 e. The molecule has 2 aromatic carbocycles. The van der Waals surface area contributed by atoms with Gasteiger partial charge in [-0.15, -0.1) is 0 Å². The predicted molar refractivity (Wildman–Crippen MR) is 112 cm³/mol. The van der Waals surface area contributed by atoms with E-state index in [9.17, 15) is 4.79 Å². The van der Waals surface area contributed by atoms with Gasteiger partial charge < -0.3 is 14.2 Å². The molecule has 29 heavy (non-hydrogen) atoms. The second-order valence-electron chi connectivity index (χ2n) is 7.00. The quantitative estimate of drug-likeness (QED) is 0.555. The number of nitrogens with zero attached hydrogens (tertiary/aromatic N) is 3. The van der Waals surface area contributed by atoms with Crippen LogP contribution in [0.2, 0.25) is 5.02 Å². The highest BCUT2D eigenvalue weighted by Crippen LogP contribution is 2.23. The smallest absolute Gasteiger partial charge is 0.263 e. The third-order valence-electron chi connectivity index (χ3n) is 4.58. The first-order chi connectivity index (χ1) is 13.9. The van der Waals surface area contributed by atoms with Gasteiger partial charge >= 0.3 is 0 Å². The van der Waals surface area contributed by atoms with Gasteiger partial charge in [0.05, 0.1) is 6.54 Å². The number of hydrogen-bond donors (Lipinski definition) is 0. The predicted octanol–water partition coefficient (Wildman–Crippen LogP) is 4.82. The fourth-order valence-electron chi connectivity index (χ4n) is 2.83. The van der Waals surface area contributed by atoms with Gasteiger partial charge in [0.2, 0.25) is 11.7 Å². The molecule has 0 radical (unpaired) electrons. The molecule has 6 nitrogen and oxygen atoms in total. The third kappa shape index (κ3) is 5.15. The zero-order valence-corrected chi connectivity index (χ0v) is 17.7. The Hall–Kier alpha value is -2.86. The summed E-state index contributed by atoms with van der Waals surface area (Å²) in [7, 11) is 1.69. The zero-order chi connectivity index (χ0) is 21.0. The highest BCUT2D eigenvalue weighted by Gasteiger charge is 2.24. The summed E-state index contributed by atoms with van der Waals surface area (Å²) in [5.41, 5.74) is 2.92. The molecular formula is C22H24ClN3O3. The fraction of sp³-hybridized carbons (Fsp3) is 0.318. The Kier molecular flexibility index (Phi) is 6.54.